The molecule has 92 valence electrons. The molecule has 0 unspecified atom stereocenters. The summed E-state index contributed by atoms with van der Waals surface area (Å²) in [5.74, 6) is 0.712. The number of hydrogen-bond acceptors (Lipinski definition) is 4. The number of rotatable bonds is 2. The number of nitrogens with zero attached hydrogens (tertiary/aromatic N) is 2. The lowest BCUT2D eigenvalue weighted by molar-refractivity contribution is -0.119. The van der Waals surface area contributed by atoms with Crippen LogP contribution in [0.5, 0.6) is 0 Å². The molecule has 0 spiro atoms. The molecular formula is C12H17N3O2. The van der Waals surface area contributed by atoms with Gasteiger partial charge in [0.1, 0.15) is 5.82 Å². The quantitative estimate of drug-likeness (QED) is 0.781. The van der Waals surface area contributed by atoms with E-state index in [0.717, 1.165) is 18.5 Å². The largest absolute Gasteiger partial charge is 0.389 e. The van der Waals surface area contributed by atoms with Crippen molar-refractivity contribution in [1.29, 1.82) is 0 Å². The van der Waals surface area contributed by atoms with E-state index in [9.17, 15) is 9.90 Å². The summed E-state index contributed by atoms with van der Waals surface area (Å²) in [6.45, 7) is 3.48. The van der Waals surface area contributed by atoms with Crippen molar-refractivity contribution in [3.63, 3.8) is 0 Å². The topological polar surface area (TPSA) is 65.5 Å². The Labute approximate surface area is 100 Å². The van der Waals surface area contributed by atoms with E-state index in [2.05, 4.69) is 10.3 Å². The van der Waals surface area contributed by atoms with Crippen molar-refractivity contribution in [2.75, 3.05) is 24.5 Å². The second kappa shape index (κ2) is 5.14. The molecule has 0 saturated carbocycles. The van der Waals surface area contributed by atoms with Gasteiger partial charge in [0.05, 0.1) is 12.6 Å². The Morgan fingerprint density at radius 1 is 1.59 bits per heavy atom. The summed E-state index contributed by atoms with van der Waals surface area (Å²) in [7, 11) is 0. The molecule has 1 aromatic rings. The fraction of sp³-hybridized carbons (Fsp3) is 0.500. The number of carbonyl (C=O) groups excluding carboxylic acids is 1. The Morgan fingerprint density at radius 2 is 2.41 bits per heavy atom. The van der Waals surface area contributed by atoms with Crippen molar-refractivity contribution in [2.24, 2.45) is 0 Å². The number of aliphatic hydroxyl groups excluding tert-OH is 1. The number of aliphatic hydroxyl groups is 1. The maximum Gasteiger partial charge on any atom is 0.239 e. The first-order valence-electron chi connectivity index (χ1n) is 5.83. The monoisotopic (exact) mass is 235 g/mol. The van der Waals surface area contributed by atoms with Crippen molar-refractivity contribution >= 4 is 11.7 Å². The van der Waals surface area contributed by atoms with Crippen molar-refractivity contribution < 1.29 is 9.90 Å². The molecule has 0 radical (unpaired) electrons. The van der Waals surface area contributed by atoms with E-state index in [-0.39, 0.29) is 5.91 Å². The summed E-state index contributed by atoms with van der Waals surface area (Å²) in [6.07, 6.45) is 2.00. The van der Waals surface area contributed by atoms with Crippen molar-refractivity contribution in [3.8, 4) is 0 Å². The number of amides is 1. The number of carbonyl (C=O) groups is 1. The summed E-state index contributed by atoms with van der Waals surface area (Å²) in [6, 6.07) is 3.64. The Hall–Kier alpha value is -1.62. The predicted molar refractivity (Wildman–Crippen MR) is 64.7 cm³/mol. The smallest absolute Gasteiger partial charge is 0.239 e. The number of hydrogen-bond donors (Lipinski definition) is 2. The third-order valence-corrected chi connectivity index (χ3v) is 2.83. The van der Waals surface area contributed by atoms with Crippen LogP contribution in [0.4, 0.5) is 5.82 Å². The van der Waals surface area contributed by atoms with Gasteiger partial charge in [-0.3, -0.25) is 4.79 Å². The zero-order valence-corrected chi connectivity index (χ0v) is 9.89. The van der Waals surface area contributed by atoms with Gasteiger partial charge in [0.25, 0.3) is 0 Å². The third-order valence-electron chi connectivity index (χ3n) is 2.83. The third kappa shape index (κ3) is 2.74. The van der Waals surface area contributed by atoms with E-state index in [1.807, 2.05) is 11.0 Å². The van der Waals surface area contributed by atoms with Crippen molar-refractivity contribution in [3.05, 3.63) is 23.9 Å². The van der Waals surface area contributed by atoms with Crippen LogP contribution in [0.2, 0.25) is 0 Å². The first-order valence-corrected chi connectivity index (χ1v) is 5.83. The molecule has 5 heteroatoms. The SMILES string of the molecule is C[C@@H](O)c1cccnc1N1CCCNC(=O)C1. The molecule has 2 N–H and O–H groups in total. The van der Waals surface area contributed by atoms with Gasteiger partial charge in [-0.1, -0.05) is 6.07 Å². The zero-order valence-electron chi connectivity index (χ0n) is 9.89. The van der Waals surface area contributed by atoms with Crippen LogP contribution in [0.1, 0.15) is 25.0 Å². The minimum absolute atomic E-state index is 0.00435. The highest BCUT2D eigenvalue weighted by Gasteiger charge is 2.19. The number of anilines is 1. The highest BCUT2D eigenvalue weighted by molar-refractivity contribution is 5.81. The Kier molecular flexibility index (Phi) is 3.58. The van der Waals surface area contributed by atoms with Crippen LogP contribution >= 0.6 is 0 Å². The van der Waals surface area contributed by atoms with E-state index >= 15 is 0 Å². The molecular weight excluding hydrogens is 218 g/mol. The molecule has 17 heavy (non-hydrogen) atoms. The van der Waals surface area contributed by atoms with E-state index in [0.29, 0.717) is 18.9 Å². The molecule has 0 aromatic carbocycles. The van der Waals surface area contributed by atoms with E-state index < -0.39 is 6.10 Å². The lowest BCUT2D eigenvalue weighted by Crippen LogP contribution is -2.34. The van der Waals surface area contributed by atoms with Crippen LogP contribution in [0, 0.1) is 0 Å². The maximum atomic E-state index is 11.5. The Bertz CT molecular complexity index is 406. The average molecular weight is 235 g/mol. The summed E-state index contributed by atoms with van der Waals surface area (Å²) in [5.41, 5.74) is 0.766. The van der Waals surface area contributed by atoms with Gasteiger partial charge in [0.15, 0.2) is 0 Å². The molecule has 1 atom stereocenters. The molecule has 1 aliphatic heterocycles. The maximum absolute atomic E-state index is 11.5. The molecule has 1 amide bonds. The highest BCUT2D eigenvalue weighted by atomic mass is 16.3. The minimum atomic E-state index is -0.579. The van der Waals surface area contributed by atoms with Crippen LogP contribution in [-0.2, 0) is 4.79 Å². The van der Waals surface area contributed by atoms with E-state index in [1.54, 1.807) is 19.2 Å². The van der Waals surface area contributed by atoms with Gasteiger partial charge in [0, 0.05) is 24.8 Å². The minimum Gasteiger partial charge on any atom is -0.389 e. The molecule has 1 fully saturated rings. The van der Waals surface area contributed by atoms with Crippen LogP contribution in [-0.4, -0.2) is 35.6 Å². The zero-order chi connectivity index (χ0) is 12.3. The van der Waals surface area contributed by atoms with E-state index in [1.165, 1.54) is 0 Å². The van der Waals surface area contributed by atoms with Crippen LogP contribution < -0.4 is 10.2 Å². The summed E-state index contributed by atoms with van der Waals surface area (Å²) in [4.78, 5) is 17.7. The second-order valence-electron chi connectivity index (χ2n) is 4.22. The summed E-state index contributed by atoms with van der Waals surface area (Å²) >= 11 is 0. The lowest BCUT2D eigenvalue weighted by Gasteiger charge is -2.23. The van der Waals surface area contributed by atoms with Gasteiger partial charge >= 0.3 is 0 Å². The van der Waals surface area contributed by atoms with E-state index in [4.69, 9.17) is 0 Å². The van der Waals surface area contributed by atoms with Gasteiger partial charge in [-0.15, -0.1) is 0 Å². The second-order valence-corrected chi connectivity index (χ2v) is 4.22. The predicted octanol–water partition coefficient (Wildman–Crippen LogP) is 0.461. The van der Waals surface area contributed by atoms with Gasteiger partial charge in [-0.2, -0.15) is 0 Å². The van der Waals surface area contributed by atoms with Crippen LogP contribution in [0.15, 0.2) is 18.3 Å². The standard InChI is InChI=1S/C12H17N3O2/c1-9(16)10-4-2-5-14-12(10)15-7-3-6-13-11(17)8-15/h2,4-5,9,16H,3,6-8H2,1H3,(H,13,17)/t9-/m1/s1. The summed E-state index contributed by atoms with van der Waals surface area (Å²) in [5, 5.41) is 12.5. The first kappa shape index (κ1) is 11.9. The molecule has 2 heterocycles. The fourth-order valence-corrected chi connectivity index (χ4v) is 1.99. The van der Waals surface area contributed by atoms with Crippen LogP contribution in [0.25, 0.3) is 0 Å². The normalized spacial score (nSPS) is 18.5. The average Bonchev–Trinajstić information content (AvgIpc) is 2.54. The van der Waals surface area contributed by atoms with Gasteiger partial charge < -0.3 is 15.3 Å². The van der Waals surface area contributed by atoms with Crippen molar-refractivity contribution in [1.82, 2.24) is 10.3 Å². The fourth-order valence-electron chi connectivity index (χ4n) is 1.99. The van der Waals surface area contributed by atoms with Crippen molar-refractivity contribution in [2.45, 2.75) is 19.4 Å². The first-order chi connectivity index (χ1) is 8.18. The number of aromatic nitrogens is 1. The molecule has 5 nitrogen and oxygen atoms in total. The van der Waals surface area contributed by atoms with Gasteiger partial charge in [0.2, 0.25) is 5.91 Å². The Morgan fingerprint density at radius 3 is 3.18 bits per heavy atom. The van der Waals surface area contributed by atoms with Gasteiger partial charge in [-0.25, -0.2) is 4.98 Å². The molecule has 1 aromatic heterocycles. The Balaban J connectivity index is 2.28. The molecule has 1 aliphatic rings. The van der Waals surface area contributed by atoms with Gasteiger partial charge in [-0.05, 0) is 19.4 Å². The van der Waals surface area contributed by atoms with Crippen LogP contribution in [0.3, 0.4) is 0 Å². The summed E-state index contributed by atoms with van der Waals surface area (Å²) < 4.78 is 0. The number of pyridine rings is 1. The molecule has 0 aliphatic carbocycles. The molecule has 0 bridgehead atoms. The number of nitrogens with one attached hydrogen (secondary N) is 1. The highest BCUT2D eigenvalue weighted by Crippen LogP contribution is 2.23. The molecule has 1 saturated heterocycles. The lowest BCUT2D eigenvalue weighted by atomic mass is 10.1. The molecule has 2 rings (SSSR count).